The Morgan fingerprint density at radius 1 is 1.19 bits per heavy atom. The summed E-state index contributed by atoms with van der Waals surface area (Å²) >= 11 is 0. The second-order valence-electron chi connectivity index (χ2n) is 7.59. The van der Waals surface area contributed by atoms with Crippen molar-refractivity contribution in [3.63, 3.8) is 0 Å². The average Bonchev–Trinajstić information content (AvgIpc) is 3.42. The third kappa shape index (κ3) is 3.77. The number of carbonyl (C=O) groups excluding carboxylic acids is 1. The van der Waals surface area contributed by atoms with Crippen LogP contribution < -0.4 is 10.2 Å². The highest BCUT2D eigenvalue weighted by Crippen LogP contribution is 2.31. The molecule has 164 valence electrons. The summed E-state index contributed by atoms with van der Waals surface area (Å²) in [6, 6.07) is 8.70. The van der Waals surface area contributed by atoms with Gasteiger partial charge in [0.2, 0.25) is 0 Å². The maximum atomic E-state index is 14.6. The molecule has 3 aromatic heterocycles. The summed E-state index contributed by atoms with van der Waals surface area (Å²) in [4.78, 5) is 21.2. The molecule has 2 N–H and O–H groups in total. The Hall–Kier alpha value is -3.89. The van der Waals surface area contributed by atoms with Crippen molar-refractivity contribution in [1.29, 1.82) is 0 Å². The van der Waals surface area contributed by atoms with Gasteiger partial charge < -0.3 is 15.2 Å². The molecule has 0 bridgehead atoms. The first kappa shape index (κ1) is 20.0. The second kappa shape index (κ2) is 7.66. The normalized spacial score (nSPS) is 15.8. The second-order valence-corrected chi connectivity index (χ2v) is 7.59. The van der Waals surface area contributed by atoms with Gasteiger partial charge in [0.1, 0.15) is 0 Å². The third-order valence-corrected chi connectivity index (χ3v) is 5.43. The van der Waals surface area contributed by atoms with Crippen LogP contribution in [0.15, 0.2) is 48.9 Å². The molecule has 5 rings (SSSR count). The van der Waals surface area contributed by atoms with Crippen molar-refractivity contribution < 1.29 is 18.0 Å². The van der Waals surface area contributed by atoms with Crippen molar-refractivity contribution in [1.82, 2.24) is 25.0 Å². The minimum Gasteiger partial charge on any atom is -0.359 e. The van der Waals surface area contributed by atoms with Crippen molar-refractivity contribution in [2.24, 2.45) is 0 Å². The number of rotatable bonds is 4. The molecule has 11 heteroatoms. The van der Waals surface area contributed by atoms with Crippen LogP contribution in [0.4, 0.5) is 24.7 Å². The number of halogens is 3. The monoisotopic (exact) mass is 441 g/mol. The van der Waals surface area contributed by atoms with Crippen LogP contribution in [0.2, 0.25) is 0 Å². The number of amides is 1. The van der Waals surface area contributed by atoms with Gasteiger partial charge in [0.05, 0.1) is 23.8 Å². The van der Waals surface area contributed by atoms with E-state index in [1.807, 2.05) is 24.3 Å². The van der Waals surface area contributed by atoms with E-state index < -0.39 is 17.6 Å². The molecule has 4 heterocycles. The predicted molar refractivity (Wildman–Crippen MR) is 112 cm³/mol. The number of hydrogen-bond donors (Lipinski definition) is 2. The van der Waals surface area contributed by atoms with E-state index in [1.165, 1.54) is 28.0 Å². The number of carbonyl (C=O) groups is 1. The van der Waals surface area contributed by atoms with Crippen LogP contribution in [0.25, 0.3) is 16.6 Å². The number of fused-ring (bicyclic) bond motifs is 1. The van der Waals surface area contributed by atoms with Crippen LogP contribution in [-0.4, -0.2) is 49.9 Å². The van der Waals surface area contributed by atoms with Crippen molar-refractivity contribution in [3.05, 3.63) is 60.4 Å². The summed E-state index contributed by atoms with van der Waals surface area (Å²) in [6.07, 6.45) is 3.73. The number of H-pyrrole nitrogens is 1. The number of aromatic nitrogens is 5. The molecule has 0 unspecified atom stereocenters. The average molecular weight is 441 g/mol. The van der Waals surface area contributed by atoms with Gasteiger partial charge in [-0.15, -0.1) is 5.10 Å². The number of benzene rings is 1. The highest BCUT2D eigenvalue weighted by atomic mass is 19.3. The Kier molecular flexibility index (Phi) is 4.80. The fraction of sp³-hybridized carbons (Fsp3) is 0.238. The fourth-order valence-corrected chi connectivity index (χ4v) is 3.68. The summed E-state index contributed by atoms with van der Waals surface area (Å²) in [7, 11) is 0. The SMILES string of the molecule is O=C(Nc1c[nH]c2ccccc12)c1cn(-c2cnc(N3CCC(F)(F)CC3)c(F)c2)nn1. The smallest absolute Gasteiger partial charge is 0.277 e. The van der Waals surface area contributed by atoms with Gasteiger partial charge in [-0.05, 0) is 6.07 Å². The van der Waals surface area contributed by atoms with Gasteiger partial charge in [0.25, 0.3) is 11.8 Å². The van der Waals surface area contributed by atoms with Gasteiger partial charge in [-0.3, -0.25) is 4.79 Å². The Balaban J connectivity index is 1.32. The molecule has 1 fully saturated rings. The lowest BCUT2D eigenvalue weighted by Crippen LogP contribution is -2.40. The molecule has 0 atom stereocenters. The molecule has 1 aliphatic heterocycles. The zero-order valence-electron chi connectivity index (χ0n) is 16.7. The van der Waals surface area contributed by atoms with Crippen molar-refractivity contribution >= 4 is 28.3 Å². The van der Waals surface area contributed by atoms with E-state index in [0.717, 1.165) is 10.9 Å². The van der Waals surface area contributed by atoms with E-state index in [2.05, 4.69) is 25.6 Å². The maximum Gasteiger partial charge on any atom is 0.277 e. The summed E-state index contributed by atoms with van der Waals surface area (Å²) in [5.74, 6) is -3.84. The number of piperidine rings is 1. The van der Waals surface area contributed by atoms with Gasteiger partial charge >= 0.3 is 0 Å². The molecular weight excluding hydrogens is 423 g/mol. The lowest BCUT2D eigenvalue weighted by Gasteiger charge is -2.32. The Morgan fingerprint density at radius 2 is 1.97 bits per heavy atom. The first-order valence-corrected chi connectivity index (χ1v) is 9.98. The van der Waals surface area contributed by atoms with E-state index in [-0.39, 0.29) is 43.1 Å². The number of nitrogens with zero attached hydrogens (tertiary/aromatic N) is 5. The number of pyridine rings is 1. The van der Waals surface area contributed by atoms with Crippen LogP contribution in [-0.2, 0) is 0 Å². The molecule has 0 aliphatic carbocycles. The summed E-state index contributed by atoms with van der Waals surface area (Å²) in [5.41, 5.74) is 1.78. The molecule has 1 aromatic carbocycles. The number of anilines is 2. The maximum absolute atomic E-state index is 14.6. The molecule has 8 nitrogen and oxygen atoms in total. The van der Waals surface area contributed by atoms with Gasteiger partial charge in [-0.2, -0.15) is 0 Å². The summed E-state index contributed by atoms with van der Waals surface area (Å²) < 4.78 is 42.6. The molecular formula is C21H18F3N7O. The lowest BCUT2D eigenvalue weighted by molar-refractivity contribution is -0.0222. The van der Waals surface area contributed by atoms with E-state index in [9.17, 15) is 18.0 Å². The fourth-order valence-electron chi connectivity index (χ4n) is 3.68. The predicted octanol–water partition coefficient (Wildman–Crippen LogP) is 3.77. The standard InChI is InChI=1S/C21H18F3N7O/c22-15-9-13(10-26-19(15)30-7-5-21(23,24)6-8-30)31-12-18(28-29-31)20(32)27-17-11-25-16-4-2-1-3-14(16)17/h1-4,9-12,25H,5-8H2,(H,27,32). The first-order chi connectivity index (χ1) is 15.4. The molecule has 1 aliphatic rings. The van der Waals surface area contributed by atoms with Gasteiger partial charge in [0.15, 0.2) is 17.3 Å². The number of aromatic amines is 1. The quantitative estimate of drug-likeness (QED) is 0.503. The number of hydrogen-bond acceptors (Lipinski definition) is 5. The molecule has 1 saturated heterocycles. The van der Waals surface area contributed by atoms with Gasteiger partial charge in [-0.25, -0.2) is 22.8 Å². The minimum atomic E-state index is -2.72. The molecule has 32 heavy (non-hydrogen) atoms. The van der Waals surface area contributed by atoms with Crippen molar-refractivity contribution in [2.75, 3.05) is 23.3 Å². The van der Waals surface area contributed by atoms with Crippen LogP contribution in [0, 0.1) is 5.82 Å². The zero-order chi connectivity index (χ0) is 22.3. The highest BCUT2D eigenvalue weighted by Gasteiger charge is 2.35. The molecule has 0 radical (unpaired) electrons. The topological polar surface area (TPSA) is 91.7 Å². The van der Waals surface area contributed by atoms with E-state index in [4.69, 9.17) is 0 Å². The highest BCUT2D eigenvalue weighted by molar-refractivity contribution is 6.07. The van der Waals surface area contributed by atoms with Crippen LogP contribution in [0.3, 0.4) is 0 Å². The zero-order valence-corrected chi connectivity index (χ0v) is 16.7. The Bertz CT molecular complexity index is 1290. The lowest BCUT2D eigenvalue weighted by atomic mass is 10.1. The summed E-state index contributed by atoms with van der Waals surface area (Å²) in [6.45, 7) is 0.0511. The molecule has 0 saturated carbocycles. The molecule has 1 amide bonds. The van der Waals surface area contributed by atoms with Gasteiger partial charge in [-0.1, -0.05) is 23.4 Å². The minimum absolute atomic E-state index is 0.0154. The van der Waals surface area contributed by atoms with Gasteiger partial charge in [0, 0.05) is 49.1 Å². The van der Waals surface area contributed by atoms with E-state index in [1.54, 1.807) is 6.20 Å². The molecule has 0 spiro atoms. The number of nitrogens with one attached hydrogen (secondary N) is 2. The van der Waals surface area contributed by atoms with E-state index >= 15 is 0 Å². The van der Waals surface area contributed by atoms with Crippen LogP contribution in [0.1, 0.15) is 23.3 Å². The molecule has 4 aromatic rings. The number of para-hydroxylation sites is 1. The summed E-state index contributed by atoms with van der Waals surface area (Å²) in [5, 5.41) is 11.4. The Labute approximate surface area is 180 Å². The third-order valence-electron chi connectivity index (χ3n) is 5.43. The van der Waals surface area contributed by atoms with Crippen LogP contribution in [0.5, 0.6) is 0 Å². The number of alkyl halides is 2. The van der Waals surface area contributed by atoms with Crippen LogP contribution >= 0.6 is 0 Å². The largest absolute Gasteiger partial charge is 0.359 e. The van der Waals surface area contributed by atoms with E-state index in [0.29, 0.717) is 5.69 Å². The Morgan fingerprint density at radius 3 is 2.75 bits per heavy atom. The van der Waals surface area contributed by atoms with Crippen molar-refractivity contribution in [3.8, 4) is 5.69 Å². The first-order valence-electron chi connectivity index (χ1n) is 9.98. The van der Waals surface area contributed by atoms with Crippen molar-refractivity contribution in [2.45, 2.75) is 18.8 Å².